The Morgan fingerprint density at radius 2 is 1.82 bits per heavy atom. The average Bonchev–Trinajstić information content (AvgIpc) is 2.80. The molecular formula is C14H26N2O. The van der Waals surface area contributed by atoms with Gasteiger partial charge in [-0.2, -0.15) is 0 Å². The highest BCUT2D eigenvalue weighted by atomic mass is 16.1. The molecule has 1 unspecified atom stereocenters. The van der Waals surface area contributed by atoms with E-state index in [0.29, 0.717) is 17.7 Å². The molecule has 0 radical (unpaired) electrons. The second kappa shape index (κ2) is 5.96. The van der Waals surface area contributed by atoms with Gasteiger partial charge in [0.25, 0.3) is 0 Å². The largest absolute Gasteiger partial charge is 0.328 e. The SMILES string of the molecule is CC(=O)C(CN1CCCC1)C1CCC(N)CC1. The summed E-state index contributed by atoms with van der Waals surface area (Å²) >= 11 is 0. The number of nitrogens with two attached hydrogens (primary N) is 1. The smallest absolute Gasteiger partial charge is 0.134 e. The molecule has 2 fully saturated rings. The standard InChI is InChI=1S/C14H26N2O/c1-11(17)14(10-16-8-2-3-9-16)12-4-6-13(15)7-5-12/h12-14H,2-10,15H2,1H3. The van der Waals surface area contributed by atoms with Gasteiger partial charge in [0.05, 0.1) is 0 Å². The van der Waals surface area contributed by atoms with Crippen molar-refractivity contribution in [1.82, 2.24) is 4.90 Å². The van der Waals surface area contributed by atoms with Crippen molar-refractivity contribution in [3.05, 3.63) is 0 Å². The van der Waals surface area contributed by atoms with E-state index in [-0.39, 0.29) is 5.92 Å². The van der Waals surface area contributed by atoms with Gasteiger partial charge < -0.3 is 10.6 Å². The monoisotopic (exact) mass is 238 g/mol. The van der Waals surface area contributed by atoms with Crippen LogP contribution in [0.3, 0.4) is 0 Å². The van der Waals surface area contributed by atoms with Crippen LogP contribution in [0.4, 0.5) is 0 Å². The molecule has 0 aromatic heterocycles. The molecule has 0 aromatic carbocycles. The van der Waals surface area contributed by atoms with E-state index in [1.807, 2.05) is 0 Å². The Morgan fingerprint density at radius 1 is 1.24 bits per heavy atom. The zero-order chi connectivity index (χ0) is 12.3. The molecule has 3 nitrogen and oxygen atoms in total. The van der Waals surface area contributed by atoms with Crippen molar-refractivity contribution >= 4 is 5.78 Å². The van der Waals surface area contributed by atoms with Crippen LogP contribution in [0.1, 0.15) is 45.4 Å². The van der Waals surface area contributed by atoms with Crippen LogP contribution in [0.2, 0.25) is 0 Å². The lowest BCUT2D eigenvalue weighted by molar-refractivity contribution is -0.123. The van der Waals surface area contributed by atoms with Gasteiger partial charge in [0, 0.05) is 18.5 Å². The maximum Gasteiger partial charge on any atom is 0.134 e. The molecular weight excluding hydrogens is 212 g/mol. The molecule has 0 amide bonds. The molecule has 1 saturated heterocycles. The van der Waals surface area contributed by atoms with Gasteiger partial charge in [0.15, 0.2) is 0 Å². The van der Waals surface area contributed by atoms with E-state index in [0.717, 1.165) is 32.2 Å². The molecule has 2 rings (SSSR count). The fourth-order valence-corrected chi connectivity index (χ4v) is 3.40. The number of hydrogen-bond donors (Lipinski definition) is 1. The molecule has 17 heavy (non-hydrogen) atoms. The lowest BCUT2D eigenvalue weighted by atomic mass is 9.76. The summed E-state index contributed by atoms with van der Waals surface area (Å²) in [6.07, 6.45) is 7.13. The molecule has 1 saturated carbocycles. The normalized spacial score (nSPS) is 32.6. The Bertz CT molecular complexity index is 253. The molecule has 1 heterocycles. The number of nitrogens with zero attached hydrogens (tertiary/aromatic N) is 1. The van der Waals surface area contributed by atoms with E-state index >= 15 is 0 Å². The number of carbonyl (C=O) groups excluding carboxylic acids is 1. The van der Waals surface area contributed by atoms with E-state index in [1.165, 1.54) is 25.9 Å². The van der Waals surface area contributed by atoms with Gasteiger partial charge in [-0.25, -0.2) is 0 Å². The van der Waals surface area contributed by atoms with Crippen LogP contribution in [0.15, 0.2) is 0 Å². The molecule has 0 aromatic rings. The zero-order valence-electron chi connectivity index (χ0n) is 11.0. The molecule has 1 aliphatic carbocycles. The maximum absolute atomic E-state index is 11.9. The second-order valence-electron chi connectivity index (χ2n) is 5.90. The predicted molar refractivity (Wildman–Crippen MR) is 69.8 cm³/mol. The van der Waals surface area contributed by atoms with Gasteiger partial charge in [-0.05, 0) is 64.5 Å². The Balaban J connectivity index is 1.89. The van der Waals surface area contributed by atoms with Gasteiger partial charge in [-0.1, -0.05) is 0 Å². The summed E-state index contributed by atoms with van der Waals surface area (Å²) in [6.45, 7) is 5.15. The van der Waals surface area contributed by atoms with Gasteiger partial charge >= 0.3 is 0 Å². The summed E-state index contributed by atoms with van der Waals surface area (Å²) < 4.78 is 0. The van der Waals surface area contributed by atoms with Gasteiger partial charge in [0.2, 0.25) is 0 Å². The first-order valence-electron chi connectivity index (χ1n) is 7.15. The summed E-state index contributed by atoms with van der Waals surface area (Å²) in [7, 11) is 0. The lowest BCUT2D eigenvalue weighted by Crippen LogP contribution is -2.38. The Hall–Kier alpha value is -0.410. The molecule has 0 bridgehead atoms. The third kappa shape index (κ3) is 3.52. The van der Waals surface area contributed by atoms with Gasteiger partial charge in [0.1, 0.15) is 5.78 Å². The molecule has 0 spiro atoms. The van der Waals surface area contributed by atoms with Crippen LogP contribution < -0.4 is 5.73 Å². The first kappa shape index (κ1) is 13.0. The third-order valence-electron chi connectivity index (χ3n) is 4.56. The van der Waals surface area contributed by atoms with Crippen molar-refractivity contribution in [2.45, 2.75) is 51.5 Å². The Morgan fingerprint density at radius 3 is 2.35 bits per heavy atom. The van der Waals surface area contributed by atoms with E-state index < -0.39 is 0 Å². The molecule has 2 N–H and O–H groups in total. The maximum atomic E-state index is 11.9. The van der Waals surface area contributed by atoms with Crippen molar-refractivity contribution in [2.24, 2.45) is 17.6 Å². The number of rotatable bonds is 4. The first-order valence-corrected chi connectivity index (χ1v) is 7.15. The molecule has 1 aliphatic heterocycles. The van der Waals surface area contributed by atoms with E-state index in [9.17, 15) is 4.79 Å². The molecule has 1 atom stereocenters. The third-order valence-corrected chi connectivity index (χ3v) is 4.56. The van der Waals surface area contributed by atoms with E-state index in [1.54, 1.807) is 6.92 Å². The first-order chi connectivity index (χ1) is 8.16. The van der Waals surface area contributed by atoms with Crippen molar-refractivity contribution < 1.29 is 4.79 Å². The Kier molecular flexibility index (Phi) is 4.57. The second-order valence-corrected chi connectivity index (χ2v) is 5.90. The minimum Gasteiger partial charge on any atom is -0.328 e. The van der Waals surface area contributed by atoms with Crippen LogP contribution in [-0.4, -0.2) is 36.4 Å². The summed E-state index contributed by atoms with van der Waals surface area (Å²) in [4.78, 5) is 14.3. The van der Waals surface area contributed by atoms with Gasteiger partial charge in [-0.15, -0.1) is 0 Å². The predicted octanol–water partition coefficient (Wildman–Crippen LogP) is 1.80. The van der Waals surface area contributed by atoms with Crippen molar-refractivity contribution in [3.63, 3.8) is 0 Å². The molecule has 2 aliphatic rings. The van der Waals surface area contributed by atoms with E-state index in [4.69, 9.17) is 5.73 Å². The van der Waals surface area contributed by atoms with Crippen molar-refractivity contribution in [3.8, 4) is 0 Å². The zero-order valence-corrected chi connectivity index (χ0v) is 11.0. The van der Waals surface area contributed by atoms with Gasteiger partial charge in [-0.3, -0.25) is 4.79 Å². The fourth-order valence-electron chi connectivity index (χ4n) is 3.40. The number of hydrogen-bond acceptors (Lipinski definition) is 3. The van der Waals surface area contributed by atoms with Crippen molar-refractivity contribution in [1.29, 1.82) is 0 Å². The van der Waals surface area contributed by atoms with Crippen LogP contribution >= 0.6 is 0 Å². The van der Waals surface area contributed by atoms with Crippen LogP contribution in [0, 0.1) is 11.8 Å². The number of carbonyl (C=O) groups is 1. The summed E-state index contributed by atoms with van der Waals surface area (Å²) in [5.74, 6) is 1.24. The highest BCUT2D eigenvalue weighted by Crippen LogP contribution is 2.31. The number of ketones is 1. The molecule has 3 heteroatoms. The summed E-state index contributed by atoms with van der Waals surface area (Å²) in [5, 5.41) is 0. The number of likely N-dealkylation sites (tertiary alicyclic amines) is 1. The average molecular weight is 238 g/mol. The van der Waals surface area contributed by atoms with Crippen LogP contribution in [-0.2, 0) is 4.79 Å². The number of Topliss-reactive ketones (excluding diaryl/α,β-unsaturated/α-hetero) is 1. The minimum atomic E-state index is 0.264. The minimum absolute atomic E-state index is 0.264. The van der Waals surface area contributed by atoms with Crippen LogP contribution in [0.5, 0.6) is 0 Å². The highest BCUT2D eigenvalue weighted by Gasteiger charge is 2.31. The molecule has 98 valence electrons. The van der Waals surface area contributed by atoms with Crippen molar-refractivity contribution in [2.75, 3.05) is 19.6 Å². The summed E-state index contributed by atoms with van der Waals surface area (Å²) in [5.41, 5.74) is 5.94. The fraction of sp³-hybridized carbons (Fsp3) is 0.929. The van der Waals surface area contributed by atoms with E-state index in [2.05, 4.69) is 4.90 Å². The summed E-state index contributed by atoms with van der Waals surface area (Å²) in [6, 6.07) is 0.380. The topological polar surface area (TPSA) is 46.3 Å². The quantitative estimate of drug-likeness (QED) is 0.812. The van der Waals surface area contributed by atoms with Crippen LogP contribution in [0.25, 0.3) is 0 Å². The Labute approximate surface area is 105 Å². The highest BCUT2D eigenvalue weighted by molar-refractivity contribution is 5.78. The lowest BCUT2D eigenvalue weighted by Gasteiger charge is -2.33.